The molecule has 0 fully saturated rings. The fraction of sp³-hybridized carbons (Fsp3) is 0.500. The fourth-order valence-electron chi connectivity index (χ4n) is 2.58. The van der Waals surface area contributed by atoms with Crippen molar-refractivity contribution in [3.05, 3.63) is 29.8 Å². The smallest absolute Gasteiger partial charge is 0.305 e. The Kier molecular flexibility index (Phi) is 3.34. The Balaban J connectivity index is 2.43. The third-order valence-electron chi connectivity index (χ3n) is 4.07. The second-order valence-corrected chi connectivity index (χ2v) is 7.49. The number of para-hydroxylation sites is 1. The van der Waals surface area contributed by atoms with Gasteiger partial charge in [-0.2, -0.15) is 0 Å². The number of carbonyl (C=O) groups is 1. The Bertz CT molecular complexity index is 482. The number of hydrogen-bond acceptors (Lipinski definition) is 2. The summed E-state index contributed by atoms with van der Waals surface area (Å²) in [5.74, 6) is -0.746. The first-order valence-corrected chi connectivity index (χ1v) is 7.14. The van der Waals surface area contributed by atoms with E-state index in [1.54, 1.807) is 0 Å². The Morgan fingerprint density at radius 3 is 2.56 bits per heavy atom. The van der Waals surface area contributed by atoms with Gasteiger partial charge in [0, 0.05) is 17.6 Å². The van der Waals surface area contributed by atoms with Gasteiger partial charge in [-0.3, -0.25) is 4.79 Å². The van der Waals surface area contributed by atoms with Crippen molar-refractivity contribution in [1.29, 1.82) is 0 Å². The summed E-state index contributed by atoms with van der Waals surface area (Å²) < 4.78 is -0.107. The lowest BCUT2D eigenvalue weighted by molar-refractivity contribution is -0.136. The average Bonchev–Trinajstić information content (AvgIpc) is 2.42. The highest BCUT2D eigenvalue weighted by molar-refractivity contribution is 14.1. The van der Waals surface area contributed by atoms with E-state index in [1.165, 1.54) is 11.3 Å². The molecule has 0 radical (unpaired) electrons. The number of anilines is 1. The molecule has 98 valence electrons. The first-order chi connectivity index (χ1) is 8.28. The zero-order chi connectivity index (χ0) is 13.6. The van der Waals surface area contributed by atoms with E-state index in [9.17, 15) is 4.79 Å². The van der Waals surface area contributed by atoms with Crippen molar-refractivity contribution in [2.24, 2.45) is 0 Å². The minimum atomic E-state index is -0.746. The van der Waals surface area contributed by atoms with Gasteiger partial charge in [0.2, 0.25) is 0 Å². The Hall–Kier alpha value is -0.780. The van der Waals surface area contributed by atoms with Gasteiger partial charge in [-0.25, -0.2) is 0 Å². The molecule has 1 N–H and O–H groups in total. The average molecular weight is 359 g/mol. The number of halogens is 1. The molecule has 1 aromatic carbocycles. The fourth-order valence-corrected chi connectivity index (χ4v) is 3.38. The molecule has 2 rings (SSSR count). The first kappa shape index (κ1) is 13.6. The zero-order valence-corrected chi connectivity index (χ0v) is 13.1. The number of hydrogen-bond donors (Lipinski definition) is 1. The van der Waals surface area contributed by atoms with Gasteiger partial charge in [0.05, 0.1) is 9.97 Å². The molecule has 0 amide bonds. The lowest BCUT2D eigenvalue weighted by Gasteiger charge is -2.40. The Labute approximate surface area is 121 Å². The van der Waals surface area contributed by atoms with E-state index < -0.39 is 5.97 Å². The molecule has 1 atom stereocenters. The van der Waals surface area contributed by atoms with E-state index in [0.717, 1.165) is 0 Å². The van der Waals surface area contributed by atoms with Gasteiger partial charge in [-0.1, -0.05) is 54.6 Å². The second kappa shape index (κ2) is 4.40. The predicted octanol–water partition coefficient (Wildman–Crippen LogP) is 3.41. The molecule has 1 unspecified atom stereocenters. The van der Waals surface area contributed by atoms with Crippen LogP contribution in [-0.2, 0) is 10.2 Å². The summed E-state index contributed by atoms with van der Waals surface area (Å²) in [6, 6.07) is 8.30. The molecule has 0 saturated carbocycles. The van der Waals surface area contributed by atoms with E-state index in [-0.39, 0.29) is 15.4 Å². The van der Waals surface area contributed by atoms with Gasteiger partial charge in [0.1, 0.15) is 0 Å². The van der Waals surface area contributed by atoms with Crippen molar-refractivity contribution < 1.29 is 9.90 Å². The number of carboxylic acids is 1. The van der Waals surface area contributed by atoms with Gasteiger partial charge < -0.3 is 10.0 Å². The molecular weight excluding hydrogens is 341 g/mol. The van der Waals surface area contributed by atoms with Crippen LogP contribution in [0.15, 0.2) is 24.3 Å². The first-order valence-electron chi connectivity index (χ1n) is 6.06. The highest BCUT2D eigenvalue weighted by atomic mass is 127. The monoisotopic (exact) mass is 359 g/mol. The van der Waals surface area contributed by atoms with Crippen LogP contribution in [0, 0.1) is 0 Å². The van der Waals surface area contributed by atoms with E-state index in [4.69, 9.17) is 5.11 Å². The lowest BCUT2D eigenvalue weighted by Crippen LogP contribution is -2.48. The van der Waals surface area contributed by atoms with Crippen LogP contribution in [0.5, 0.6) is 0 Å². The van der Waals surface area contributed by atoms with Crippen LogP contribution >= 0.6 is 22.6 Å². The van der Waals surface area contributed by atoms with Crippen LogP contribution in [0.3, 0.4) is 0 Å². The van der Waals surface area contributed by atoms with Crippen LogP contribution in [0.4, 0.5) is 5.69 Å². The van der Waals surface area contributed by atoms with Gasteiger partial charge in [0.15, 0.2) is 0 Å². The van der Waals surface area contributed by atoms with Crippen LogP contribution in [0.25, 0.3) is 0 Å². The Morgan fingerprint density at radius 1 is 1.33 bits per heavy atom. The standard InChI is InChI=1S/C14H18INO2/c1-13(2)10-6-4-5-7-11(10)16(14(13,3)15)9-8-12(17)18/h4-7H,8-9H2,1-3H3,(H,17,18). The molecule has 1 aromatic rings. The zero-order valence-electron chi connectivity index (χ0n) is 10.9. The van der Waals surface area contributed by atoms with Crippen LogP contribution in [0.2, 0.25) is 0 Å². The molecule has 0 aromatic heterocycles. The maximum atomic E-state index is 10.8. The molecule has 4 heteroatoms. The minimum Gasteiger partial charge on any atom is -0.481 e. The molecule has 0 bridgehead atoms. The third kappa shape index (κ3) is 1.90. The molecule has 18 heavy (non-hydrogen) atoms. The summed E-state index contributed by atoms with van der Waals surface area (Å²) in [6.07, 6.45) is 0.170. The van der Waals surface area contributed by atoms with E-state index in [2.05, 4.69) is 60.4 Å². The van der Waals surface area contributed by atoms with Crippen LogP contribution in [0.1, 0.15) is 32.8 Å². The highest BCUT2D eigenvalue weighted by Crippen LogP contribution is 2.54. The van der Waals surface area contributed by atoms with Crippen LogP contribution in [-0.4, -0.2) is 21.2 Å². The minimum absolute atomic E-state index is 0.00264. The van der Waals surface area contributed by atoms with Gasteiger partial charge in [-0.05, 0) is 18.6 Å². The molecule has 0 saturated heterocycles. The summed E-state index contributed by atoms with van der Waals surface area (Å²) in [5.41, 5.74) is 2.47. The number of fused-ring (bicyclic) bond motifs is 1. The van der Waals surface area contributed by atoms with E-state index >= 15 is 0 Å². The molecule has 1 heterocycles. The van der Waals surface area contributed by atoms with E-state index in [0.29, 0.717) is 6.54 Å². The van der Waals surface area contributed by atoms with Crippen molar-refractivity contribution in [3.8, 4) is 0 Å². The second-order valence-electron chi connectivity index (χ2n) is 5.39. The number of nitrogens with zero attached hydrogens (tertiary/aromatic N) is 1. The van der Waals surface area contributed by atoms with E-state index in [1.807, 2.05) is 12.1 Å². The number of aliphatic carboxylic acids is 1. The predicted molar refractivity (Wildman–Crippen MR) is 81.5 cm³/mol. The van der Waals surface area contributed by atoms with Crippen molar-refractivity contribution >= 4 is 34.2 Å². The summed E-state index contributed by atoms with van der Waals surface area (Å²) in [4.78, 5) is 13.0. The summed E-state index contributed by atoms with van der Waals surface area (Å²) in [5, 5.41) is 8.89. The number of carboxylic acid groups (broad SMARTS) is 1. The van der Waals surface area contributed by atoms with Gasteiger partial charge >= 0.3 is 5.97 Å². The Morgan fingerprint density at radius 2 is 1.94 bits per heavy atom. The largest absolute Gasteiger partial charge is 0.481 e. The normalized spacial score (nSPS) is 25.0. The lowest BCUT2D eigenvalue weighted by atomic mass is 9.81. The van der Waals surface area contributed by atoms with Crippen molar-refractivity contribution in [2.75, 3.05) is 11.4 Å². The molecular formula is C14H18INO2. The molecule has 3 nitrogen and oxygen atoms in total. The van der Waals surface area contributed by atoms with Crippen molar-refractivity contribution in [3.63, 3.8) is 0 Å². The quantitative estimate of drug-likeness (QED) is 0.511. The number of rotatable bonds is 3. The molecule has 1 aliphatic heterocycles. The molecule has 0 spiro atoms. The SMILES string of the molecule is CC1(C)c2ccccc2N(CCC(=O)O)C1(C)I. The maximum Gasteiger partial charge on any atom is 0.305 e. The highest BCUT2D eigenvalue weighted by Gasteiger charge is 2.51. The van der Waals surface area contributed by atoms with Gasteiger partial charge in [0.25, 0.3) is 0 Å². The number of alkyl halides is 1. The van der Waals surface area contributed by atoms with Crippen molar-refractivity contribution in [1.82, 2.24) is 0 Å². The summed E-state index contributed by atoms with van der Waals surface area (Å²) in [7, 11) is 0. The van der Waals surface area contributed by atoms with Crippen LogP contribution < -0.4 is 4.90 Å². The molecule has 0 aliphatic carbocycles. The van der Waals surface area contributed by atoms with Crippen molar-refractivity contribution in [2.45, 2.75) is 36.2 Å². The third-order valence-corrected chi connectivity index (χ3v) is 6.00. The molecule has 1 aliphatic rings. The number of benzene rings is 1. The summed E-state index contributed by atoms with van der Waals surface area (Å²) in [6.45, 7) is 7.17. The summed E-state index contributed by atoms with van der Waals surface area (Å²) >= 11 is 2.45. The maximum absolute atomic E-state index is 10.8. The van der Waals surface area contributed by atoms with Gasteiger partial charge in [-0.15, -0.1) is 0 Å². The topological polar surface area (TPSA) is 40.5 Å².